The molecule has 100 valence electrons. The summed E-state index contributed by atoms with van der Waals surface area (Å²) < 4.78 is 28.1. The third-order valence-electron chi connectivity index (χ3n) is 3.11. The van der Waals surface area contributed by atoms with Crippen LogP contribution in [0.25, 0.3) is 0 Å². The lowest BCUT2D eigenvalue weighted by molar-refractivity contribution is 0.0664. The smallest absolute Gasteiger partial charge is 0.289 e. The van der Waals surface area contributed by atoms with Crippen LogP contribution >= 0.6 is 0 Å². The van der Waals surface area contributed by atoms with Crippen LogP contribution in [0.1, 0.15) is 30.3 Å². The van der Waals surface area contributed by atoms with E-state index in [0.29, 0.717) is 13.0 Å². The average molecular weight is 271 g/mol. The molecule has 0 aliphatic carbocycles. The van der Waals surface area contributed by atoms with E-state index in [1.54, 1.807) is 17.0 Å². The summed E-state index contributed by atoms with van der Waals surface area (Å²) >= 11 is 0. The van der Waals surface area contributed by atoms with Gasteiger partial charge in [0.15, 0.2) is 15.6 Å². The first-order valence-electron chi connectivity index (χ1n) is 6.08. The quantitative estimate of drug-likeness (QED) is 0.828. The Bertz CT molecular complexity index is 506. The second kappa shape index (κ2) is 5.14. The first-order valence-corrected chi connectivity index (χ1v) is 7.90. The summed E-state index contributed by atoms with van der Waals surface area (Å²) in [5, 5.41) is 0. The zero-order valence-corrected chi connectivity index (χ0v) is 11.1. The van der Waals surface area contributed by atoms with E-state index in [-0.39, 0.29) is 29.2 Å². The summed E-state index contributed by atoms with van der Waals surface area (Å²) in [6, 6.07) is 3.05. The van der Waals surface area contributed by atoms with Crippen molar-refractivity contribution in [2.24, 2.45) is 0 Å². The van der Waals surface area contributed by atoms with Gasteiger partial charge in [0, 0.05) is 12.6 Å². The summed E-state index contributed by atoms with van der Waals surface area (Å²) in [6.45, 7) is 2.52. The van der Waals surface area contributed by atoms with Gasteiger partial charge in [-0.1, -0.05) is 6.92 Å². The van der Waals surface area contributed by atoms with Crippen LogP contribution in [0.2, 0.25) is 0 Å². The molecule has 0 N–H and O–H groups in total. The predicted octanol–water partition coefficient (Wildman–Crippen LogP) is 1.32. The summed E-state index contributed by atoms with van der Waals surface area (Å²) in [6.07, 6.45) is 2.76. The van der Waals surface area contributed by atoms with Crippen LogP contribution in [0.5, 0.6) is 0 Å². The van der Waals surface area contributed by atoms with Crippen LogP contribution in [0.15, 0.2) is 22.8 Å². The third kappa shape index (κ3) is 2.75. The van der Waals surface area contributed by atoms with Crippen molar-refractivity contribution in [1.29, 1.82) is 0 Å². The minimum atomic E-state index is -2.99. The molecule has 2 rings (SSSR count). The van der Waals surface area contributed by atoms with E-state index in [2.05, 4.69) is 0 Å². The molecule has 0 spiro atoms. The Morgan fingerprint density at radius 2 is 2.33 bits per heavy atom. The molecule has 1 aromatic heterocycles. The fourth-order valence-corrected chi connectivity index (χ4v) is 3.98. The van der Waals surface area contributed by atoms with E-state index in [9.17, 15) is 13.2 Å². The number of hydrogen-bond acceptors (Lipinski definition) is 4. The van der Waals surface area contributed by atoms with E-state index in [4.69, 9.17) is 4.42 Å². The molecule has 1 fully saturated rings. The highest BCUT2D eigenvalue weighted by atomic mass is 32.2. The van der Waals surface area contributed by atoms with Gasteiger partial charge in [0.1, 0.15) is 0 Å². The highest BCUT2D eigenvalue weighted by Gasteiger charge is 2.35. The van der Waals surface area contributed by atoms with Crippen molar-refractivity contribution >= 4 is 15.7 Å². The van der Waals surface area contributed by atoms with Gasteiger partial charge in [0.2, 0.25) is 0 Å². The first-order chi connectivity index (χ1) is 8.53. The number of amides is 1. The van der Waals surface area contributed by atoms with Crippen molar-refractivity contribution in [2.45, 2.75) is 25.8 Å². The molecule has 0 aromatic carbocycles. The van der Waals surface area contributed by atoms with E-state index < -0.39 is 9.84 Å². The van der Waals surface area contributed by atoms with Crippen molar-refractivity contribution in [2.75, 3.05) is 18.1 Å². The second-order valence-electron chi connectivity index (χ2n) is 4.53. The molecule has 1 unspecified atom stereocenters. The predicted molar refractivity (Wildman–Crippen MR) is 67.1 cm³/mol. The number of hydrogen-bond donors (Lipinski definition) is 0. The molecule has 0 bridgehead atoms. The molecule has 1 aliphatic heterocycles. The number of furan rings is 1. The van der Waals surface area contributed by atoms with Gasteiger partial charge in [-0.05, 0) is 25.0 Å². The summed E-state index contributed by atoms with van der Waals surface area (Å²) in [5.74, 6) is 0.291. The molecule has 1 saturated heterocycles. The summed E-state index contributed by atoms with van der Waals surface area (Å²) in [7, 11) is -2.99. The lowest BCUT2D eigenvalue weighted by Gasteiger charge is -2.26. The van der Waals surface area contributed by atoms with Crippen molar-refractivity contribution in [3.8, 4) is 0 Å². The van der Waals surface area contributed by atoms with Crippen molar-refractivity contribution in [3.05, 3.63) is 24.2 Å². The fourth-order valence-electron chi connectivity index (χ4n) is 2.25. The SMILES string of the molecule is CCCN(C(=O)c1ccco1)C1CCS(=O)(=O)C1. The molecule has 1 amide bonds. The van der Waals surface area contributed by atoms with Crippen LogP contribution in [-0.4, -0.2) is 43.3 Å². The lowest BCUT2D eigenvalue weighted by atomic mass is 10.2. The maximum atomic E-state index is 12.2. The van der Waals surface area contributed by atoms with Gasteiger partial charge >= 0.3 is 0 Å². The van der Waals surface area contributed by atoms with E-state index in [0.717, 1.165) is 6.42 Å². The van der Waals surface area contributed by atoms with E-state index in [1.165, 1.54) is 6.26 Å². The molecule has 1 aromatic rings. The topological polar surface area (TPSA) is 67.6 Å². The molecule has 6 heteroatoms. The zero-order chi connectivity index (χ0) is 13.2. The van der Waals surface area contributed by atoms with Crippen molar-refractivity contribution in [1.82, 2.24) is 4.90 Å². The highest BCUT2D eigenvalue weighted by Crippen LogP contribution is 2.20. The summed E-state index contributed by atoms with van der Waals surface area (Å²) in [4.78, 5) is 13.9. The Labute approximate surface area is 107 Å². The van der Waals surface area contributed by atoms with Gasteiger partial charge in [-0.15, -0.1) is 0 Å². The van der Waals surface area contributed by atoms with Crippen LogP contribution < -0.4 is 0 Å². The Morgan fingerprint density at radius 1 is 1.56 bits per heavy atom. The van der Waals surface area contributed by atoms with Crippen LogP contribution in [0, 0.1) is 0 Å². The molecule has 0 saturated carbocycles. The molecule has 18 heavy (non-hydrogen) atoms. The van der Waals surface area contributed by atoms with Crippen LogP contribution in [0.3, 0.4) is 0 Å². The van der Waals surface area contributed by atoms with Crippen LogP contribution in [0.4, 0.5) is 0 Å². The standard InChI is InChI=1S/C12H17NO4S/c1-2-6-13(10-5-8-18(15,16)9-10)12(14)11-4-3-7-17-11/h3-4,7,10H,2,5-6,8-9H2,1H3. The minimum absolute atomic E-state index is 0.0689. The minimum Gasteiger partial charge on any atom is -0.459 e. The molecule has 2 heterocycles. The van der Waals surface area contributed by atoms with Gasteiger partial charge in [0.05, 0.1) is 17.8 Å². The normalized spacial score (nSPS) is 21.9. The third-order valence-corrected chi connectivity index (χ3v) is 4.86. The van der Waals surface area contributed by atoms with Gasteiger partial charge in [-0.2, -0.15) is 0 Å². The maximum absolute atomic E-state index is 12.2. The van der Waals surface area contributed by atoms with Gasteiger partial charge in [-0.3, -0.25) is 4.79 Å². The Morgan fingerprint density at radius 3 is 2.83 bits per heavy atom. The maximum Gasteiger partial charge on any atom is 0.289 e. The van der Waals surface area contributed by atoms with Gasteiger partial charge < -0.3 is 9.32 Å². The number of rotatable bonds is 4. The van der Waals surface area contributed by atoms with Crippen LogP contribution in [-0.2, 0) is 9.84 Å². The van der Waals surface area contributed by atoms with E-state index in [1.807, 2.05) is 6.92 Å². The Kier molecular flexibility index (Phi) is 3.75. The monoisotopic (exact) mass is 271 g/mol. The van der Waals surface area contributed by atoms with E-state index >= 15 is 0 Å². The molecule has 0 radical (unpaired) electrons. The Balaban J connectivity index is 2.16. The number of nitrogens with zero attached hydrogens (tertiary/aromatic N) is 1. The lowest BCUT2D eigenvalue weighted by Crippen LogP contribution is -2.41. The highest BCUT2D eigenvalue weighted by molar-refractivity contribution is 7.91. The number of sulfone groups is 1. The Hall–Kier alpha value is -1.30. The summed E-state index contributed by atoms with van der Waals surface area (Å²) in [5.41, 5.74) is 0. The fraction of sp³-hybridized carbons (Fsp3) is 0.583. The number of carbonyl (C=O) groups excluding carboxylic acids is 1. The molecule has 1 atom stereocenters. The van der Waals surface area contributed by atoms with Crippen molar-refractivity contribution < 1.29 is 17.6 Å². The van der Waals surface area contributed by atoms with Crippen molar-refractivity contribution in [3.63, 3.8) is 0 Å². The van der Waals surface area contributed by atoms with Gasteiger partial charge in [-0.25, -0.2) is 8.42 Å². The first kappa shape index (κ1) is 13.1. The zero-order valence-electron chi connectivity index (χ0n) is 10.3. The number of carbonyl (C=O) groups is 1. The second-order valence-corrected chi connectivity index (χ2v) is 6.76. The molecule has 5 nitrogen and oxygen atoms in total. The average Bonchev–Trinajstić information content (AvgIpc) is 2.94. The molecule has 1 aliphatic rings. The largest absolute Gasteiger partial charge is 0.459 e. The molecular weight excluding hydrogens is 254 g/mol. The van der Waals surface area contributed by atoms with Gasteiger partial charge in [0.25, 0.3) is 5.91 Å². The molecular formula is C12H17NO4S.